The van der Waals surface area contributed by atoms with E-state index in [0.717, 1.165) is 12.3 Å². The topological polar surface area (TPSA) is 0 Å². The fourth-order valence-electron chi connectivity index (χ4n) is 2.17. The second-order valence-corrected chi connectivity index (χ2v) is 4.93. The molecule has 2 rings (SSSR count). The molecule has 0 N–H and O–H groups in total. The number of hydrogen-bond donors (Lipinski definition) is 0. The molecule has 0 nitrogen and oxygen atoms in total. The summed E-state index contributed by atoms with van der Waals surface area (Å²) in [6, 6.07) is 21.5. The Kier molecular flexibility index (Phi) is 6.99. The molecule has 1 heteroatoms. The average molecular weight is 245 g/mol. The Morgan fingerprint density at radius 3 is 1.63 bits per heavy atom. The summed E-state index contributed by atoms with van der Waals surface area (Å²) in [4.78, 5) is 0. The molecule has 95 valence electrons. The second kappa shape index (κ2) is 8.26. The summed E-state index contributed by atoms with van der Waals surface area (Å²) < 4.78 is 0. The van der Waals surface area contributed by atoms with E-state index in [9.17, 15) is 0 Å². The molecule has 1 radical (unpaired) electrons. The van der Waals surface area contributed by atoms with Gasteiger partial charge >= 0.3 is 18.9 Å². The summed E-state index contributed by atoms with van der Waals surface area (Å²) in [6.45, 7) is 4.59. The van der Waals surface area contributed by atoms with Crippen LogP contribution in [-0.4, -0.2) is 18.9 Å². The van der Waals surface area contributed by atoms with Crippen molar-refractivity contribution in [3.63, 3.8) is 0 Å². The van der Waals surface area contributed by atoms with Gasteiger partial charge in [-0.2, -0.15) is 0 Å². The third kappa shape index (κ3) is 4.57. The number of rotatable bonds is 5. The van der Waals surface area contributed by atoms with Gasteiger partial charge in [0.15, 0.2) is 0 Å². The van der Waals surface area contributed by atoms with Gasteiger partial charge in [-0.1, -0.05) is 80.9 Å². The van der Waals surface area contributed by atoms with Crippen LogP contribution in [0.1, 0.15) is 37.8 Å². The minimum absolute atomic E-state index is 0. The van der Waals surface area contributed by atoms with Gasteiger partial charge in [0.05, 0.1) is 0 Å². The number of benzene rings is 2. The van der Waals surface area contributed by atoms with Gasteiger partial charge in [-0.15, -0.1) is 0 Å². The average Bonchev–Trinajstić information content (AvgIpc) is 2.46. The Hall–Kier alpha value is -0.963. The maximum absolute atomic E-state index is 2.33. The molecular weight excluding hydrogens is 223 g/mol. The molecule has 0 saturated heterocycles. The van der Waals surface area contributed by atoms with Crippen LogP contribution in [0.4, 0.5) is 0 Å². The fourth-order valence-corrected chi connectivity index (χ4v) is 2.17. The Balaban J connectivity index is 0.00000180. The Morgan fingerprint density at radius 2 is 1.26 bits per heavy atom. The van der Waals surface area contributed by atoms with E-state index in [-0.39, 0.29) is 18.9 Å². The molecule has 1 atom stereocenters. The van der Waals surface area contributed by atoms with E-state index >= 15 is 0 Å². The van der Waals surface area contributed by atoms with Crippen LogP contribution in [0.2, 0.25) is 0 Å². The molecule has 2 aromatic rings. The van der Waals surface area contributed by atoms with E-state index in [1.807, 2.05) is 0 Å². The van der Waals surface area contributed by atoms with E-state index in [0.29, 0.717) is 0 Å². The Labute approximate surface area is 129 Å². The van der Waals surface area contributed by atoms with Gasteiger partial charge in [0, 0.05) is 5.92 Å². The molecule has 0 saturated carbocycles. The second-order valence-electron chi connectivity index (χ2n) is 4.93. The Morgan fingerprint density at radius 1 is 0.842 bits per heavy atom. The van der Waals surface area contributed by atoms with E-state index in [1.54, 1.807) is 0 Å². The van der Waals surface area contributed by atoms with E-state index in [4.69, 9.17) is 0 Å². The van der Waals surface area contributed by atoms with Crippen LogP contribution >= 0.6 is 0 Å². The molecule has 0 heterocycles. The monoisotopic (exact) mass is 245 g/mol. The summed E-state index contributed by atoms with van der Waals surface area (Å²) in [7, 11) is 0. The third-order valence-corrected chi connectivity index (χ3v) is 3.49. The quantitative estimate of drug-likeness (QED) is 0.683. The first-order valence-corrected chi connectivity index (χ1v) is 6.78. The van der Waals surface area contributed by atoms with Crippen molar-refractivity contribution < 1.29 is 0 Å². The van der Waals surface area contributed by atoms with E-state index in [2.05, 4.69) is 74.5 Å². The molecule has 0 aliphatic rings. The molecule has 1 unspecified atom stereocenters. The molecular formula is C18H22Li. The van der Waals surface area contributed by atoms with Gasteiger partial charge in [0.2, 0.25) is 0 Å². The van der Waals surface area contributed by atoms with Gasteiger partial charge in [0.1, 0.15) is 0 Å². The molecule has 0 aliphatic carbocycles. The predicted octanol–water partition coefficient (Wildman–Crippen LogP) is 4.45. The predicted molar refractivity (Wildman–Crippen MR) is 85.6 cm³/mol. The first-order valence-electron chi connectivity index (χ1n) is 6.78. The van der Waals surface area contributed by atoms with Crippen LogP contribution in [0.15, 0.2) is 60.7 Å². The summed E-state index contributed by atoms with van der Waals surface area (Å²) in [5.41, 5.74) is 2.70. The van der Waals surface area contributed by atoms with Crippen molar-refractivity contribution in [3.8, 4) is 0 Å². The minimum atomic E-state index is 0. The van der Waals surface area contributed by atoms with Crippen LogP contribution in [-0.2, 0) is 0 Å². The SMILES string of the molecule is CCC(C)C[C](c1ccccc1)c1ccccc1.[LiH]. The van der Waals surface area contributed by atoms with Crippen LogP contribution in [0, 0.1) is 11.8 Å². The van der Waals surface area contributed by atoms with Crippen LogP contribution in [0.3, 0.4) is 0 Å². The fraction of sp³-hybridized carbons (Fsp3) is 0.278. The zero-order valence-electron chi connectivity index (χ0n) is 11.3. The summed E-state index contributed by atoms with van der Waals surface area (Å²) >= 11 is 0. The number of hydrogen-bond acceptors (Lipinski definition) is 0. The standard InChI is InChI=1S/C18H21.Li.H/c1-3-15(2)14-18(16-10-6-4-7-11-16)17-12-8-5-9-13-17;;/h4-13,15H,3,14H2,1-2H3;;. The zero-order valence-corrected chi connectivity index (χ0v) is 11.3. The molecule has 0 spiro atoms. The molecule has 0 amide bonds. The van der Waals surface area contributed by atoms with E-state index < -0.39 is 0 Å². The van der Waals surface area contributed by atoms with Gasteiger partial charge < -0.3 is 0 Å². The van der Waals surface area contributed by atoms with Crippen molar-refractivity contribution in [2.24, 2.45) is 5.92 Å². The Bertz CT molecular complexity index is 410. The van der Waals surface area contributed by atoms with Crippen LogP contribution in [0.25, 0.3) is 0 Å². The molecule has 19 heavy (non-hydrogen) atoms. The van der Waals surface area contributed by atoms with Gasteiger partial charge in [-0.3, -0.25) is 0 Å². The van der Waals surface area contributed by atoms with Gasteiger partial charge in [0.25, 0.3) is 0 Å². The van der Waals surface area contributed by atoms with Crippen molar-refractivity contribution >= 4 is 18.9 Å². The molecule has 0 aliphatic heterocycles. The third-order valence-electron chi connectivity index (χ3n) is 3.49. The van der Waals surface area contributed by atoms with Gasteiger partial charge in [-0.25, -0.2) is 0 Å². The van der Waals surface area contributed by atoms with Crippen LogP contribution < -0.4 is 0 Å². The maximum atomic E-state index is 2.33. The summed E-state index contributed by atoms with van der Waals surface area (Å²) in [5, 5.41) is 0. The summed E-state index contributed by atoms with van der Waals surface area (Å²) in [5.74, 6) is 2.19. The molecule has 0 aromatic heterocycles. The molecule has 2 aromatic carbocycles. The summed E-state index contributed by atoms with van der Waals surface area (Å²) in [6.07, 6.45) is 2.37. The van der Waals surface area contributed by atoms with Crippen molar-refractivity contribution in [1.82, 2.24) is 0 Å². The van der Waals surface area contributed by atoms with E-state index in [1.165, 1.54) is 23.5 Å². The van der Waals surface area contributed by atoms with Crippen molar-refractivity contribution in [1.29, 1.82) is 0 Å². The zero-order chi connectivity index (χ0) is 12.8. The first-order chi connectivity index (χ1) is 8.81. The van der Waals surface area contributed by atoms with Gasteiger partial charge in [-0.05, 0) is 23.5 Å². The van der Waals surface area contributed by atoms with Crippen molar-refractivity contribution in [2.75, 3.05) is 0 Å². The normalized spacial score (nSPS) is 11.9. The molecule has 0 bridgehead atoms. The van der Waals surface area contributed by atoms with Crippen LogP contribution in [0.5, 0.6) is 0 Å². The van der Waals surface area contributed by atoms with Crippen molar-refractivity contribution in [3.05, 3.63) is 77.7 Å². The van der Waals surface area contributed by atoms with Crippen molar-refractivity contribution in [2.45, 2.75) is 26.7 Å². The first kappa shape index (κ1) is 16.1. The molecule has 0 fully saturated rings.